The summed E-state index contributed by atoms with van der Waals surface area (Å²) >= 11 is 6.22. The van der Waals surface area contributed by atoms with E-state index in [-0.39, 0.29) is 5.91 Å². The Morgan fingerprint density at radius 3 is 2.59 bits per heavy atom. The number of hydrogen-bond donors (Lipinski definition) is 1. The standard InChI is InChI=1S/C13H17NOS2/c1-9-7-14(8-10(2)17-9)13(15)11-4-3-5-12(16)6-11/h3-6,9-10,16H,7-8H2,1-2H3. The predicted molar refractivity (Wildman–Crippen MR) is 76.1 cm³/mol. The van der Waals surface area contributed by atoms with E-state index in [1.165, 1.54) is 0 Å². The van der Waals surface area contributed by atoms with Gasteiger partial charge < -0.3 is 4.90 Å². The fraction of sp³-hybridized carbons (Fsp3) is 0.462. The topological polar surface area (TPSA) is 20.3 Å². The molecule has 0 radical (unpaired) electrons. The van der Waals surface area contributed by atoms with Gasteiger partial charge in [-0.1, -0.05) is 19.9 Å². The van der Waals surface area contributed by atoms with Crippen molar-refractivity contribution in [1.29, 1.82) is 0 Å². The third kappa shape index (κ3) is 3.19. The third-order valence-electron chi connectivity index (χ3n) is 2.80. The molecule has 1 aromatic rings. The summed E-state index contributed by atoms with van der Waals surface area (Å²) in [4.78, 5) is 15.1. The zero-order valence-electron chi connectivity index (χ0n) is 10.1. The van der Waals surface area contributed by atoms with E-state index in [0.717, 1.165) is 23.5 Å². The summed E-state index contributed by atoms with van der Waals surface area (Å²) in [6.45, 7) is 6.03. The second-order valence-electron chi connectivity index (χ2n) is 4.52. The molecule has 0 saturated carbocycles. The number of thioether (sulfide) groups is 1. The van der Waals surface area contributed by atoms with Crippen LogP contribution in [0.5, 0.6) is 0 Å². The number of amides is 1. The SMILES string of the molecule is CC1CN(C(=O)c2cccc(S)c2)CC(C)S1. The predicted octanol–water partition coefficient (Wildman–Crippen LogP) is 2.94. The van der Waals surface area contributed by atoms with Crippen molar-refractivity contribution in [2.75, 3.05) is 13.1 Å². The number of rotatable bonds is 1. The van der Waals surface area contributed by atoms with Crippen molar-refractivity contribution >= 4 is 30.3 Å². The summed E-state index contributed by atoms with van der Waals surface area (Å²) in [5, 5.41) is 1.03. The Morgan fingerprint density at radius 1 is 1.35 bits per heavy atom. The quantitative estimate of drug-likeness (QED) is 0.790. The van der Waals surface area contributed by atoms with Gasteiger partial charge in [0, 0.05) is 34.0 Å². The molecule has 1 aliphatic rings. The van der Waals surface area contributed by atoms with Gasteiger partial charge in [-0.2, -0.15) is 11.8 Å². The molecule has 0 bridgehead atoms. The number of nitrogens with zero attached hydrogens (tertiary/aromatic N) is 1. The molecule has 0 N–H and O–H groups in total. The van der Waals surface area contributed by atoms with Crippen LogP contribution >= 0.6 is 24.4 Å². The maximum absolute atomic E-state index is 12.3. The molecule has 17 heavy (non-hydrogen) atoms. The highest BCUT2D eigenvalue weighted by atomic mass is 32.2. The van der Waals surface area contributed by atoms with Crippen molar-refractivity contribution in [3.8, 4) is 0 Å². The highest BCUT2D eigenvalue weighted by molar-refractivity contribution is 8.00. The molecular weight excluding hydrogens is 250 g/mol. The lowest BCUT2D eigenvalue weighted by molar-refractivity contribution is 0.0753. The summed E-state index contributed by atoms with van der Waals surface area (Å²) in [5.74, 6) is 0.125. The lowest BCUT2D eigenvalue weighted by Crippen LogP contribution is -2.44. The van der Waals surface area contributed by atoms with Gasteiger partial charge in [-0.25, -0.2) is 0 Å². The van der Waals surface area contributed by atoms with E-state index in [1.54, 1.807) is 0 Å². The zero-order valence-corrected chi connectivity index (χ0v) is 11.8. The summed E-state index contributed by atoms with van der Waals surface area (Å²) in [6, 6.07) is 7.46. The monoisotopic (exact) mass is 267 g/mol. The average Bonchev–Trinajstić information content (AvgIpc) is 2.26. The average molecular weight is 267 g/mol. The molecule has 1 fully saturated rings. The molecule has 1 heterocycles. The van der Waals surface area contributed by atoms with Crippen LogP contribution < -0.4 is 0 Å². The third-order valence-corrected chi connectivity index (χ3v) is 4.31. The molecule has 1 aromatic carbocycles. The van der Waals surface area contributed by atoms with E-state index in [2.05, 4.69) is 26.5 Å². The fourth-order valence-corrected chi connectivity index (χ4v) is 3.72. The van der Waals surface area contributed by atoms with Crippen LogP contribution in [-0.4, -0.2) is 34.4 Å². The van der Waals surface area contributed by atoms with Crippen LogP contribution in [0.2, 0.25) is 0 Å². The minimum Gasteiger partial charge on any atom is -0.336 e. The van der Waals surface area contributed by atoms with Crippen molar-refractivity contribution in [3.63, 3.8) is 0 Å². The number of thiol groups is 1. The lowest BCUT2D eigenvalue weighted by atomic mass is 10.2. The second kappa shape index (κ2) is 5.36. The Hall–Kier alpha value is -0.610. The van der Waals surface area contributed by atoms with Crippen LogP contribution in [0.25, 0.3) is 0 Å². The van der Waals surface area contributed by atoms with E-state index < -0.39 is 0 Å². The minimum atomic E-state index is 0.125. The first-order valence-electron chi connectivity index (χ1n) is 5.80. The molecule has 4 heteroatoms. The first-order chi connectivity index (χ1) is 8.06. The van der Waals surface area contributed by atoms with Gasteiger partial charge in [0.1, 0.15) is 0 Å². The minimum absolute atomic E-state index is 0.125. The van der Waals surface area contributed by atoms with Gasteiger partial charge in [-0.05, 0) is 18.2 Å². The molecule has 2 atom stereocenters. The fourth-order valence-electron chi connectivity index (χ4n) is 2.17. The van der Waals surface area contributed by atoms with Gasteiger partial charge in [-0.15, -0.1) is 12.6 Å². The number of hydrogen-bond acceptors (Lipinski definition) is 3. The van der Waals surface area contributed by atoms with Crippen LogP contribution in [0.15, 0.2) is 29.2 Å². The van der Waals surface area contributed by atoms with Crippen molar-refractivity contribution < 1.29 is 4.79 Å². The molecular formula is C13H17NOS2. The van der Waals surface area contributed by atoms with Crippen LogP contribution in [-0.2, 0) is 0 Å². The van der Waals surface area contributed by atoms with Gasteiger partial charge in [-0.3, -0.25) is 4.79 Å². The largest absolute Gasteiger partial charge is 0.336 e. The maximum atomic E-state index is 12.3. The van der Waals surface area contributed by atoms with Gasteiger partial charge in [0.05, 0.1) is 0 Å². The van der Waals surface area contributed by atoms with Gasteiger partial charge in [0.25, 0.3) is 5.91 Å². The van der Waals surface area contributed by atoms with E-state index >= 15 is 0 Å². The maximum Gasteiger partial charge on any atom is 0.253 e. The summed E-state index contributed by atoms with van der Waals surface area (Å²) in [6.07, 6.45) is 0. The number of benzene rings is 1. The normalized spacial score (nSPS) is 24.8. The molecule has 1 aliphatic heterocycles. The molecule has 92 valence electrons. The molecule has 2 unspecified atom stereocenters. The first kappa shape index (κ1) is 12.8. The summed E-state index contributed by atoms with van der Waals surface area (Å²) in [5.41, 5.74) is 0.740. The van der Waals surface area contributed by atoms with E-state index in [4.69, 9.17) is 0 Å². The Balaban J connectivity index is 2.14. The van der Waals surface area contributed by atoms with E-state index in [0.29, 0.717) is 10.5 Å². The number of carbonyl (C=O) groups excluding carboxylic acids is 1. The van der Waals surface area contributed by atoms with Gasteiger partial charge >= 0.3 is 0 Å². The molecule has 0 spiro atoms. The second-order valence-corrected chi connectivity index (χ2v) is 6.92. The molecule has 2 nitrogen and oxygen atoms in total. The first-order valence-corrected chi connectivity index (χ1v) is 7.19. The van der Waals surface area contributed by atoms with E-state index in [9.17, 15) is 4.79 Å². The molecule has 1 saturated heterocycles. The van der Waals surface area contributed by atoms with E-state index in [1.807, 2.05) is 40.9 Å². The summed E-state index contributed by atoms with van der Waals surface area (Å²) < 4.78 is 0. The zero-order chi connectivity index (χ0) is 12.4. The Morgan fingerprint density at radius 2 is 2.00 bits per heavy atom. The van der Waals surface area contributed by atoms with Crippen LogP contribution in [0, 0.1) is 0 Å². The molecule has 0 aromatic heterocycles. The smallest absolute Gasteiger partial charge is 0.253 e. The van der Waals surface area contributed by atoms with Crippen LogP contribution in [0.1, 0.15) is 24.2 Å². The molecule has 2 rings (SSSR count). The number of carbonyl (C=O) groups is 1. The van der Waals surface area contributed by atoms with Crippen molar-refractivity contribution in [3.05, 3.63) is 29.8 Å². The Bertz CT molecular complexity index is 412. The van der Waals surface area contributed by atoms with Crippen LogP contribution in [0.4, 0.5) is 0 Å². The van der Waals surface area contributed by atoms with Crippen molar-refractivity contribution in [2.24, 2.45) is 0 Å². The highest BCUT2D eigenvalue weighted by Gasteiger charge is 2.26. The Kier molecular flexibility index (Phi) is 4.05. The highest BCUT2D eigenvalue weighted by Crippen LogP contribution is 2.25. The van der Waals surface area contributed by atoms with Crippen molar-refractivity contribution in [1.82, 2.24) is 4.90 Å². The van der Waals surface area contributed by atoms with Crippen LogP contribution in [0.3, 0.4) is 0 Å². The summed E-state index contributed by atoms with van der Waals surface area (Å²) in [7, 11) is 0. The van der Waals surface area contributed by atoms with Crippen molar-refractivity contribution in [2.45, 2.75) is 29.2 Å². The molecule has 0 aliphatic carbocycles. The molecule has 1 amide bonds. The van der Waals surface area contributed by atoms with Gasteiger partial charge in [0.15, 0.2) is 0 Å². The van der Waals surface area contributed by atoms with Gasteiger partial charge in [0.2, 0.25) is 0 Å². The lowest BCUT2D eigenvalue weighted by Gasteiger charge is -2.34. The Labute approximate surface area is 112 Å².